The summed E-state index contributed by atoms with van der Waals surface area (Å²) in [5.41, 5.74) is 2.16. The van der Waals surface area contributed by atoms with Crippen molar-refractivity contribution < 1.29 is 23.8 Å². The highest BCUT2D eigenvalue weighted by molar-refractivity contribution is 5.70. The van der Waals surface area contributed by atoms with E-state index in [0.717, 1.165) is 36.9 Å². The minimum absolute atomic E-state index is 0.0876. The molecule has 6 heteroatoms. The second-order valence-corrected chi connectivity index (χ2v) is 6.20. The molecule has 1 heterocycles. The Kier molecular flexibility index (Phi) is 10.4. The highest BCUT2D eigenvalue weighted by atomic mass is 16.5. The van der Waals surface area contributed by atoms with Crippen LogP contribution in [0.5, 0.6) is 5.75 Å². The molecule has 0 amide bonds. The van der Waals surface area contributed by atoms with E-state index >= 15 is 0 Å². The molecule has 0 saturated carbocycles. The molecule has 26 heavy (non-hydrogen) atoms. The van der Waals surface area contributed by atoms with Crippen molar-refractivity contribution in [3.63, 3.8) is 0 Å². The number of aryl methyl sites for hydroxylation is 1. The summed E-state index contributed by atoms with van der Waals surface area (Å²) in [6.45, 7) is 8.54. The average Bonchev–Trinajstić information content (AvgIpc) is 2.61. The molecule has 1 rings (SSSR count). The lowest BCUT2D eigenvalue weighted by Gasteiger charge is -2.17. The third kappa shape index (κ3) is 7.42. The maximum absolute atomic E-state index is 11.8. The zero-order valence-corrected chi connectivity index (χ0v) is 16.4. The monoisotopic (exact) mass is 365 g/mol. The smallest absolute Gasteiger partial charge is 0.306 e. The van der Waals surface area contributed by atoms with Gasteiger partial charge >= 0.3 is 11.9 Å². The lowest BCUT2D eigenvalue weighted by molar-refractivity contribution is -0.146. The van der Waals surface area contributed by atoms with Gasteiger partial charge in [-0.15, -0.1) is 0 Å². The lowest BCUT2D eigenvalue weighted by atomic mass is 10.1. The van der Waals surface area contributed by atoms with Gasteiger partial charge in [-0.2, -0.15) is 0 Å². The molecule has 0 aliphatic rings. The Morgan fingerprint density at radius 3 is 2.15 bits per heavy atom. The predicted molar refractivity (Wildman–Crippen MR) is 98.8 cm³/mol. The fraction of sp³-hybridized carbons (Fsp3) is 0.650. The summed E-state index contributed by atoms with van der Waals surface area (Å²) in [6, 6.07) is 0. The maximum atomic E-state index is 11.8. The van der Waals surface area contributed by atoms with Gasteiger partial charge in [-0.25, -0.2) is 0 Å². The first kappa shape index (κ1) is 21.9. The van der Waals surface area contributed by atoms with Crippen molar-refractivity contribution >= 4 is 11.9 Å². The molecular weight excluding hydrogens is 334 g/mol. The number of rotatable bonds is 12. The van der Waals surface area contributed by atoms with E-state index in [4.69, 9.17) is 14.2 Å². The van der Waals surface area contributed by atoms with Gasteiger partial charge in [0.1, 0.15) is 19.0 Å². The predicted octanol–water partition coefficient (Wildman–Crippen LogP) is 4.26. The van der Waals surface area contributed by atoms with Crippen LogP contribution in [0.4, 0.5) is 0 Å². The number of unbranched alkanes of at least 4 members (excludes halogenated alkanes) is 1. The van der Waals surface area contributed by atoms with E-state index in [1.807, 2.05) is 20.8 Å². The van der Waals surface area contributed by atoms with Crippen LogP contribution in [0.2, 0.25) is 0 Å². The van der Waals surface area contributed by atoms with Crippen molar-refractivity contribution in [3.05, 3.63) is 23.0 Å². The molecule has 0 N–H and O–H groups in total. The van der Waals surface area contributed by atoms with Gasteiger partial charge in [0.25, 0.3) is 0 Å². The van der Waals surface area contributed by atoms with Crippen LogP contribution in [0.1, 0.15) is 76.1 Å². The van der Waals surface area contributed by atoms with E-state index in [0.29, 0.717) is 30.8 Å². The maximum Gasteiger partial charge on any atom is 0.306 e. The van der Waals surface area contributed by atoms with E-state index < -0.39 is 0 Å². The Labute approximate surface area is 156 Å². The van der Waals surface area contributed by atoms with Crippen molar-refractivity contribution in [3.8, 4) is 5.75 Å². The number of aromatic nitrogens is 1. The largest absolute Gasteiger partial charge is 0.491 e. The van der Waals surface area contributed by atoms with Crippen molar-refractivity contribution in [1.82, 2.24) is 4.98 Å². The minimum atomic E-state index is -0.254. The minimum Gasteiger partial charge on any atom is -0.491 e. The Morgan fingerprint density at radius 2 is 1.58 bits per heavy atom. The molecule has 0 radical (unpaired) electrons. The molecule has 1 aromatic rings. The molecule has 0 unspecified atom stereocenters. The Morgan fingerprint density at radius 1 is 0.962 bits per heavy atom. The second-order valence-electron chi connectivity index (χ2n) is 6.20. The number of hydrogen-bond donors (Lipinski definition) is 0. The molecular formula is C20H31NO5. The fourth-order valence-corrected chi connectivity index (χ4v) is 2.33. The van der Waals surface area contributed by atoms with Crippen molar-refractivity contribution in [1.29, 1.82) is 0 Å². The number of carbonyl (C=O) groups is 2. The normalized spacial score (nSPS) is 10.5. The van der Waals surface area contributed by atoms with Crippen molar-refractivity contribution in [2.24, 2.45) is 0 Å². The summed E-state index contributed by atoms with van der Waals surface area (Å²) in [5, 5.41) is 0. The van der Waals surface area contributed by atoms with Crippen LogP contribution in [0, 0.1) is 6.92 Å². The second kappa shape index (κ2) is 12.3. The molecule has 0 aromatic carbocycles. The van der Waals surface area contributed by atoms with E-state index in [2.05, 4.69) is 11.9 Å². The van der Waals surface area contributed by atoms with Gasteiger partial charge in [0, 0.05) is 30.2 Å². The molecule has 0 spiro atoms. The number of esters is 2. The summed E-state index contributed by atoms with van der Waals surface area (Å²) in [4.78, 5) is 27.8. The topological polar surface area (TPSA) is 74.7 Å². The van der Waals surface area contributed by atoms with Crippen LogP contribution in [-0.4, -0.2) is 23.5 Å². The Bertz CT molecular complexity index is 586. The summed E-state index contributed by atoms with van der Waals surface area (Å²) < 4.78 is 16.6. The van der Waals surface area contributed by atoms with Gasteiger partial charge in [-0.3, -0.25) is 14.6 Å². The standard InChI is InChI=1S/C20H31NO5/c1-5-8-11-24-20-15(4)21-12-16(13-25-18(22)9-6-2)17(20)14-26-19(23)10-7-3/h12H,5-11,13-14H2,1-4H3. The van der Waals surface area contributed by atoms with Crippen LogP contribution >= 0.6 is 0 Å². The first-order chi connectivity index (χ1) is 12.5. The van der Waals surface area contributed by atoms with Crippen LogP contribution in [0.15, 0.2) is 6.20 Å². The summed E-state index contributed by atoms with van der Waals surface area (Å²) in [5.74, 6) is 0.109. The van der Waals surface area contributed by atoms with Crippen LogP contribution < -0.4 is 4.74 Å². The molecule has 0 fully saturated rings. The van der Waals surface area contributed by atoms with Crippen LogP contribution in [0.25, 0.3) is 0 Å². The van der Waals surface area contributed by atoms with E-state index in [9.17, 15) is 9.59 Å². The van der Waals surface area contributed by atoms with Crippen LogP contribution in [-0.2, 0) is 32.3 Å². The van der Waals surface area contributed by atoms with Gasteiger partial charge in [0.2, 0.25) is 0 Å². The molecule has 6 nitrogen and oxygen atoms in total. The third-order valence-electron chi connectivity index (χ3n) is 3.82. The number of pyridine rings is 1. The third-order valence-corrected chi connectivity index (χ3v) is 3.82. The number of nitrogens with zero attached hydrogens (tertiary/aromatic N) is 1. The van der Waals surface area contributed by atoms with E-state index in [-0.39, 0.29) is 25.2 Å². The quantitative estimate of drug-likeness (QED) is 0.407. The van der Waals surface area contributed by atoms with Crippen LogP contribution in [0.3, 0.4) is 0 Å². The number of ether oxygens (including phenoxy) is 3. The first-order valence-electron chi connectivity index (χ1n) is 9.44. The van der Waals surface area contributed by atoms with Gasteiger partial charge in [0.05, 0.1) is 12.3 Å². The zero-order valence-electron chi connectivity index (χ0n) is 16.4. The fourth-order valence-electron chi connectivity index (χ4n) is 2.33. The van der Waals surface area contributed by atoms with Gasteiger partial charge in [-0.05, 0) is 26.2 Å². The van der Waals surface area contributed by atoms with E-state index in [1.54, 1.807) is 6.20 Å². The van der Waals surface area contributed by atoms with Gasteiger partial charge in [0.15, 0.2) is 0 Å². The highest BCUT2D eigenvalue weighted by Crippen LogP contribution is 2.27. The molecule has 0 aliphatic heterocycles. The van der Waals surface area contributed by atoms with Gasteiger partial charge in [-0.1, -0.05) is 27.2 Å². The number of hydrogen-bond acceptors (Lipinski definition) is 6. The van der Waals surface area contributed by atoms with Crippen molar-refractivity contribution in [2.75, 3.05) is 6.61 Å². The highest BCUT2D eigenvalue weighted by Gasteiger charge is 2.17. The molecule has 0 saturated heterocycles. The van der Waals surface area contributed by atoms with E-state index in [1.165, 1.54) is 0 Å². The molecule has 0 aliphatic carbocycles. The Balaban J connectivity index is 2.99. The van der Waals surface area contributed by atoms with Crippen molar-refractivity contribution in [2.45, 2.75) is 79.4 Å². The molecule has 0 atom stereocenters. The summed E-state index contributed by atoms with van der Waals surface area (Å²) >= 11 is 0. The zero-order chi connectivity index (χ0) is 19.4. The lowest BCUT2D eigenvalue weighted by Crippen LogP contribution is -2.12. The van der Waals surface area contributed by atoms with Gasteiger partial charge < -0.3 is 14.2 Å². The molecule has 1 aromatic heterocycles. The SMILES string of the molecule is CCCCOc1c(C)ncc(COC(=O)CCC)c1COC(=O)CCC. The number of carbonyl (C=O) groups excluding carboxylic acids is 2. The first-order valence-corrected chi connectivity index (χ1v) is 9.44. The molecule has 146 valence electrons. The molecule has 0 bridgehead atoms. The summed E-state index contributed by atoms with van der Waals surface area (Å²) in [7, 11) is 0. The Hall–Kier alpha value is -2.11. The summed E-state index contributed by atoms with van der Waals surface area (Å²) in [6.07, 6.45) is 5.81. The average molecular weight is 365 g/mol.